The zero-order chi connectivity index (χ0) is 11.7. The van der Waals surface area contributed by atoms with Gasteiger partial charge in [-0.25, -0.2) is 0 Å². The van der Waals surface area contributed by atoms with Crippen LogP contribution in [-0.4, -0.2) is 34.6 Å². The van der Waals surface area contributed by atoms with Gasteiger partial charge in [0.15, 0.2) is 0 Å². The normalized spacial score (nSPS) is 19.9. The Balaban J connectivity index is 1.60. The van der Waals surface area contributed by atoms with Crippen molar-refractivity contribution in [3.8, 4) is 0 Å². The number of aromatic nitrogens is 2. The minimum absolute atomic E-state index is 0.957. The first-order valence-electron chi connectivity index (χ1n) is 6.56. The summed E-state index contributed by atoms with van der Waals surface area (Å²) in [6.45, 7) is 3.49. The zero-order valence-corrected chi connectivity index (χ0v) is 11.2. The van der Waals surface area contributed by atoms with Gasteiger partial charge in [0.2, 0.25) is 0 Å². The summed E-state index contributed by atoms with van der Waals surface area (Å²) in [5.74, 6) is 1.91. The summed E-state index contributed by atoms with van der Waals surface area (Å²) < 4.78 is 4.04. The van der Waals surface area contributed by atoms with E-state index in [1.807, 2.05) is 7.05 Å². The summed E-state index contributed by atoms with van der Waals surface area (Å²) in [6.07, 6.45) is 5.70. The molecule has 3 rings (SSSR count). The van der Waals surface area contributed by atoms with Gasteiger partial charge in [-0.3, -0.25) is 4.90 Å². The molecule has 94 valence electrons. The highest BCUT2D eigenvalue weighted by Gasteiger charge is 2.29. The number of rotatable bonds is 7. The second-order valence-corrected chi connectivity index (χ2v) is 6.13. The van der Waals surface area contributed by atoms with Crippen molar-refractivity contribution in [1.29, 1.82) is 0 Å². The monoisotopic (exact) mass is 252 g/mol. The maximum atomic E-state index is 4.25. The summed E-state index contributed by atoms with van der Waals surface area (Å²) in [5, 5.41) is 8.56. The molecule has 1 N–H and O–H groups in total. The summed E-state index contributed by atoms with van der Waals surface area (Å²) in [6, 6.07) is 0. The van der Waals surface area contributed by atoms with Crippen LogP contribution in [0.1, 0.15) is 31.4 Å². The minimum Gasteiger partial charge on any atom is -0.377 e. The van der Waals surface area contributed by atoms with Gasteiger partial charge in [0.05, 0.1) is 0 Å². The molecule has 0 spiro atoms. The van der Waals surface area contributed by atoms with Crippen molar-refractivity contribution in [3.05, 3.63) is 5.69 Å². The van der Waals surface area contributed by atoms with Crippen molar-refractivity contribution in [2.75, 3.05) is 25.5 Å². The largest absolute Gasteiger partial charge is 0.377 e. The molecule has 2 fully saturated rings. The van der Waals surface area contributed by atoms with Crippen LogP contribution in [-0.2, 0) is 6.54 Å². The van der Waals surface area contributed by atoms with Crippen molar-refractivity contribution in [2.45, 2.75) is 32.2 Å². The van der Waals surface area contributed by atoms with Crippen LogP contribution in [0.5, 0.6) is 0 Å². The van der Waals surface area contributed by atoms with E-state index in [4.69, 9.17) is 0 Å². The Kier molecular flexibility index (Phi) is 3.29. The van der Waals surface area contributed by atoms with Crippen LogP contribution in [0.25, 0.3) is 0 Å². The highest BCUT2D eigenvalue weighted by Crippen LogP contribution is 2.34. The van der Waals surface area contributed by atoms with E-state index < -0.39 is 0 Å². The van der Waals surface area contributed by atoms with Crippen LogP contribution < -0.4 is 5.32 Å². The first kappa shape index (κ1) is 11.4. The van der Waals surface area contributed by atoms with Crippen molar-refractivity contribution < 1.29 is 0 Å². The van der Waals surface area contributed by atoms with E-state index in [0.29, 0.717) is 0 Å². The smallest absolute Gasteiger partial charge is 0.134 e. The van der Waals surface area contributed by atoms with Crippen LogP contribution in [0.4, 0.5) is 5.00 Å². The Labute approximate surface area is 107 Å². The lowest BCUT2D eigenvalue weighted by Crippen LogP contribution is -2.28. The van der Waals surface area contributed by atoms with Crippen LogP contribution >= 0.6 is 11.5 Å². The molecular weight excluding hydrogens is 232 g/mol. The Morgan fingerprint density at radius 2 is 1.88 bits per heavy atom. The quantitative estimate of drug-likeness (QED) is 0.808. The predicted molar refractivity (Wildman–Crippen MR) is 70.2 cm³/mol. The van der Waals surface area contributed by atoms with Gasteiger partial charge in [-0.15, -0.1) is 5.10 Å². The van der Waals surface area contributed by atoms with E-state index in [1.54, 1.807) is 0 Å². The first-order chi connectivity index (χ1) is 8.35. The molecule has 5 heteroatoms. The molecule has 1 heterocycles. The maximum absolute atomic E-state index is 4.25. The van der Waals surface area contributed by atoms with E-state index in [0.717, 1.165) is 29.1 Å². The fraction of sp³-hybridized carbons (Fsp3) is 0.833. The molecule has 0 atom stereocenters. The number of nitrogens with one attached hydrogen (secondary N) is 1. The molecule has 1 aromatic rings. The standard InChI is InChI=1S/C12H20N4S/c1-13-12-11(14-15-17-12)8-16(6-9-2-3-9)7-10-4-5-10/h9-10,13H,2-8H2,1H3. The second-order valence-electron chi connectivity index (χ2n) is 5.38. The molecule has 4 nitrogen and oxygen atoms in total. The molecule has 0 aromatic carbocycles. The average molecular weight is 252 g/mol. The molecule has 2 aliphatic carbocycles. The number of hydrogen-bond donors (Lipinski definition) is 1. The highest BCUT2D eigenvalue weighted by molar-refractivity contribution is 7.10. The average Bonchev–Trinajstić information content (AvgIpc) is 3.22. The molecule has 0 bridgehead atoms. The molecule has 2 aliphatic rings. The van der Waals surface area contributed by atoms with Gasteiger partial charge in [0.25, 0.3) is 0 Å². The summed E-state index contributed by atoms with van der Waals surface area (Å²) in [4.78, 5) is 2.59. The highest BCUT2D eigenvalue weighted by atomic mass is 32.1. The summed E-state index contributed by atoms with van der Waals surface area (Å²) >= 11 is 1.46. The third-order valence-corrected chi connectivity index (χ3v) is 4.37. The lowest BCUT2D eigenvalue weighted by atomic mass is 10.3. The molecule has 0 unspecified atom stereocenters. The number of anilines is 1. The van der Waals surface area contributed by atoms with E-state index in [9.17, 15) is 0 Å². The van der Waals surface area contributed by atoms with E-state index in [1.165, 1.54) is 50.3 Å². The molecule has 2 saturated carbocycles. The number of hydrogen-bond acceptors (Lipinski definition) is 5. The molecular formula is C12H20N4S. The third-order valence-electron chi connectivity index (χ3n) is 3.58. The van der Waals surface area contributed by atoms with Gasteiger partial charge in [0.1, 0.15) is 10.7 Å². The Morgan fingerprint density at radius 3 is 2.41 bits per heavy atom. The summed E-state index contributed by atoms with van der Waals surface area (Å²) in [5.41, 5.74) is 1.12. The molecule has 17 heavy (non-hydrogen) atoms. The predicted octanol–water partition coefficient (Wildman–Crippen LogP) is 2.20. The Hall–Kier alpha value is -0.680. The number of nitrogens with zero attached hydrogens (tertiary/aromatic N) is 3. The minimum atomic E-state index is 0.957. The van der Waals surface area contributed by atoms with Crippen LogP contribution in [0.2, 0.25) is 0 Å². The van der Waals surface area contributed by atoms with E-state index in [2.05, 4.69) is 19.8 Å². The third kappa shape index (κ3) is 3.16. The van der Waals surface area contributed by atoms with Crippen molar-refractivity contribution in [2.24, 2.45) is 11.8 Å². The zero-order valence-electron chi connectivity index (χ0n) is 10.4. The maximum Gasteiger partial charge on any atom is 0.134 e. The van der Waals surface area contributed by atoms with Crippen molar-refractivity contribution >= 4 is 16.5 Å². The Bertz CT molecular complexity index is 356. The first-order valence-corrected chi connectivity index (χ1v) is 7.34. The van der Waals surface area contributed by atoms with Crippen LogP contribution in [0, 0.1) is 11.8 Å². The Morgan fingerprint density at radius 1 is 1.24 bits per heavy atom. The van der Waals surface area contributed by atoms with Crippen LogP contribution in [0.3, 0.4) is 0 Å². The lowest BCUT2D eigenvalue weighted by Gasteiger charge is -2.21. The van der Waals surface area contributed by atoms with E-state index in [-0.39, 0.29) is 0 Å². The molecule has 0 aliphatic heterocycles. The van der Waals surface area contributed by atoms with Crippen molar-refractivity contribution in [3.63, 3.8) is 0 Å². The van der Waals surface area contributed by atoms with E-state index >= 15 is 0 Å². The summed E-state index contributed by atoms with van der Waals surface area (Å²) in [7, 11) is 1.95. The van der Waals surface area contributed by atoms with Crippen LogP contribution in [0.15, 0.2) is 0 Å². The van der Waals surface area contributed by atoms with Gasteiger partial charge >= 0.3 is 0 Å². The van der Waals surface area contributed by atoms with Gasteiger partial charge < -0.3 is 5.32 Å². The molecule has 0 saturated heterocycles. The fourth-order valence-electron chi connectivity index (χ4n) is 2.25. The van der Waals surface area contributed by atoms with Gasteiger partial charge in [-0.1, -0.05) is 4.49 Å². The molecule has 0 amide bonds. The molecule has 0 radical (unpaired) electrons. The topological polar surface area (TPSA) is 41.1 Å². The van der Waals surface area contributed by atoms with Gasteiger partial charge in [-0.2, -0.15) is 0 Å². The van der Waals surface area contributed by atoms with Gasteiger partial charge in [-0.05, 0) is 37.5 Å². The lowest BCUT2D eigenvalue weighted by molar-refractivity contribution is 0.242. The fourth-order valence-corrected chi connectivity index (χ4v) is 2.77. The SMILES string of the molecule is CNc1snnc1CN(CC1CC1)CC1CC1. The second kappa shape index (κ2) is 4.90. The van der Waals surface area contributed by atoms with Gasteiger partial charge in [0, 0.05) is 38.2 Å². The molecule has 1 aromatic heterocycles. The van der Waals surface area contributed by atoms with Crippen molar-refractivity contribution in [1.82, 2.24) is 14.5 Å².